The molecule has 0 spiro atoms. The van der Waals surface area contributed by atoms with Gasteiger partial charge in [-0.3, -0.25) is 14.3 Å². The average Bonchev–Trinajstić information content (AvgIpc) is 3.20. The molecule has 2 aliphatic heterocycles. The number of rotatable bonds is 4. The van der Waals surface area contributed by atoms with Crippen LogP contribution in [0.2, 0.25) is 0 Å². The number of aryl methyl sites for hydroxylation is 1. The van der Waals surface area contributed by atoms with Gasteiger partial charge in [-0.25, -0.2) is 0 Å². The minimum atomic E-state index is -0.318. The lowest BCUT2D eigenvalue weighted by Crippen LogP contribution is -2.42. The molecule has 2 fully saturated rings. The summed E-state index contributed by atoms with van der Waals surface area (Å²) >= 11 is 0. The van der Waals surface area contributed by atoms with Crippen molar-refractivity contribution in [3.05, 3.63) is 51.9 Å². The molecule has 1 aromatic carbocycles. The number of piperidine rings is 1. The maximum absolute atomic E-state index is 13.2. The number of benzene rings is 1. The van der Waals surface area contributed by atoms with Gasteiger partial charge in [-0.1, -0.05) is 0 Å². The van der Waals surface area contributed by atoms with Crippen LogP contribution in [0.15, 0.2) is 35.3 Å². The molecule has 2 N–H and O–H groups in total. The van der Waals surface area contributed by atoms with Crippen LogP contribution in [0.25, 0.3) is 10.9 Å². The van der Waals surface area contributed by atoms with Crippen molar-refractivity contribution in [2.45, 2.75) is 64.5 Å². The van der Waals surface area contributed by atoms with Crippen molar-refractivity contribution >= 4 is 28.3 Å². The lowest BCUT2D eigenvalue weighted by Gasteiger charge is -2.34. The largest absolute Gasteiger partial charge is 0.379 e. The highest BCUT2D eigenvalue weighted by Crippen LogP contribution is 2.33. The predicted octanol–water partition coefficient (Wildman–Crippen LogP) is 4.32. The number of aromatic amines is 1. The van der Waals surface area contributed by atoms with Crippen LogP contribution in [-0.4, -0.2) is 51.4 Å². The smallest absolute Gasteiger partial charge is 0.261 e. The quantitative estimate of drug-likeness (QED) is 0.601. The van der Waals surface area contributed by atoms with Crippen LogP contribution in [0.4, 0.5) is 11.5 Å². The fraction of sp³-hybridized carbons (Fsp3) is 0.500. The van der Waals surface area contributed by atoms with Crippen molar-refractivity contribution < 1.29 is 9.53 Å². The van der Waals surface area contributed by atoms with Gasteiger partial charge in [-0.05, 0) is 82.7 Å². The molecule has 8 nitrogen and oxygen atoms in total. The third kappa shape index (κ3) is 4.00. The first-order valence-corrected chi connectivity index (χ1v) is 12.2. The number of ether oxygens (including phenoxy) is 1. The molecule has 5 rings (SSSR count). The summed E-state index contributed by atoms with van der Waals surface area (Å²) in [5.41, 5.74) is 2.69. The second-order valence-corrected chi connectivity index (χ2v) is 9.98. The summed E-state index contributed by atoms with van der Waals surface area (Å²) in [7, 11) is 0. The number of nitrogens with zero attached hydrogens (tertiary/aromatic N) is 3. The van der Waals surface area contributed by atoms with Gasteiger partial charge in [-0.15, -0.1) is 0 Å². The number of H-pyrrole nitrogens is 1. The summed E-state index contributed by atoms with van der Waals surface area (Å²) in [6, 6.07) is 7.88. The number of aromatic nitrogens is 3. The molecule has 2 unspecified atom stereocenters. The number of fused-ring (bicyclic) bond motifs is 1. The Bertz CT molecular complexity index is 1270. The van der Waals surface area contributed by atoms with Crippen LogP contribution < -0.4 is 10.9 Å². The summed E-state index contributed by atoms with van der Waals surface area (Å²) in [6.45, 7) is 8.32. The number of likely N-dealkylation sites (tertiary alicyclic amines) is 1. The van der Waals surface area contributed by atoms with Gasteiger partial charge in [0.1, 0.15) is 5.39 Å². The van der Waals surface area contributed by atoms with E-state index in [1.807, 2.05) is 40.8 Å². The van der Waals surface area contributed by atoms with Crippen molar-refractivity contribution in [3.63, 3.8) is 0 Å². The molecule has 2 aromatic heterocycles. The molecule has 4 heterocycles. The summed E-state index contributed by atoms with van der Waals surface area (Å²) in [4.78, 5) is 30.7. The van der Waals surface area contributed by atoms with E-state index in [9.17, 15) is 9.59 Å². The molecule has 3 aromatic rings. The fourth-order valence-corrected chi connectivity index (χ4v) is 5.34. The minimum absolute atomic E-state index is 0.0904. The van der Waals surface area contributed by atoms with E-state index in [0.717, 1.165) is 61.2 Å². The van der Waals surface area contributed by atoms with Gasteiger partial charge in [0, 0.05) is 36.6 Å². The first kappa shape index (κ1) is 22.7. The molecule has 8 heteroatoms. The highest BCUT2D eigenvalue weighted by molar-refractivity contribution is 5.97. The van der Waals surface area contributed by atoms with Crippen LogP contribution in [0.3, 0.4) is 0 Å². The van der Waals surface area contributed by atoms with Gasteiger partial charge in [0.25, 0.3) is 11.5 Å². The molecule has 0 aliphatic carbocycles. The lowest BCUT2D eigenvalue weighted by atomic mass is 9.95. The fourth-order valence-electron chi connectivity index (χ4n) is 5.34. The zero-order valence-electron chi connectivity index (χ0n) is 20.2. The van der Waals surface area contributed by atoms with E-state index in [-0.39, 0.29) is 23.0 Å². The van der Waals surface area contributed by atoms with E-state index in [0.29, 0.717) is 17.8 Å². The predicted molar refractivity (Wildman–Crippen MR) is 133 cm³/mol. The molecule has 0 radical (unpaired) electrons. The van der Waals surface area contributed by atoms with Gasteiger partial charge in [0.15, 0.2) is 5.82 Å². The van der Waals surface area contributed by atoms with E-state index < -0.39 is 0 Å². The maximum Gasteiger partial charge on any atom is 0.261 e. The van der Waals surface area contributed by atoms with Crippen LogP contribution in [0.1, 0.15) is 61.9 Å². The minimum Gasteiger partial charge on any atom is -0.379 e. The van der Waals surface area contributed by atoms with E-state index in [1.165, 1.54) is 6.42 Å². The first-order valence-electron chi connectivity index (χ1n) is 12.2. The van der Waals surface area contributed by atoms with Crippen molar-refractivity contribution in [2.24, 2.45) is 0 Å². The number of hydrogen-bond donors (Lipinski definition) is 2. The summed E-state index contributed by atoms with van der Waals surface area (Å²) in [5, 5.41) is 8.71. The number of pyridine rings is 1. The molecule has 2 saturated heterocycles. The van der Waals surface area contributed by atoms with Crippen LogP contribution in [0.5, 0.6) is 0 Å². The van der Waals surface area contributed by atoms with E-state index in [2.05, 4.69) is 24.1 Å². The molecular weight excluding hydrogens is 430 g/mol. The van der Waals surface area contributed by atoms with Crippen molar-refractivity contribution in [1.29, 1.82) is 0 Å². The van der Waals surface area contributed by atoms with Crippen LogP contribution >= 0.6 is 0 Å². The first-order chi connectivity index (χ1) is 16.4. The Kier molecular flexibility index (Phi) is 5.93. The number of carbonyl (C=O) groups is 1. The highest BCUT2D eigenvalue weighted by atomic mass is 16.5. The van der Waals surface area contributed by atoms with Gasteiger partial charge in [-0.2, -0.15) is 5.10 Å². The van der Waals surface area contributed by atoms with Gasteiger partial charge in [0.05, 0.1) is 17.7 Å². The van der Waals surface area contributed by atoms with Crippen molar-refractivity contribution in [3.8, 4) is 0 Å². The van der Waals surface area contributed by atoms with Gasteiger partial charge >= 0.3 is 0 Å². The molecule has 180 valence electrons. The third-order valence-corrected chi connectivity index (χ3v) is 7.32. The molecule has 2 aliphatic rings. The van der Waals surface area contributed by atoms with E-state index >= 15 is 0 Å². The standard InChI is InChI=1S/C26H33N5O3/c1-17-15-19(8-9-20(17)25(33)30-13-5-4-7-18(30)2)28-23-22-21(10-12-27-24(22)32)31(29-23)26(3)11-6-14-34-16-26/h8-10,12,15,18H,4-7,11,13-14,16H2,1-3H3,(H,27,32)(H,28,29). The maximum atomic E-state index is 13.2. The second kappa shape index (κ2) is 8.91. The number of amides is 1. The molecule has 1 amide bonds. The normalized spacial score (nSPS) is 23.3. The van der Waals surface area contributed by atoms with E-state index in [1.54, 1.807) is 6.20 Å². The lowest BCUT2D eigenvalue weighted by molar-refractivity contribution is 0.00589. The molecule has 0 saturated carbocycles. The Morgan fingerprint density at radius 2 is 2.12 bits per heavy atom. The number of hydrogen-bond acceptors (Lipinski definition) is 5. The van der Waals surface area contributed by atoms with Crippen LogP contribution in [0, 0.1) is 6.92 Å². The Balaban J connectivity index is 1.47. The summed E-state index contributed by atoms with van der Waals surface area (Å²) < 4.78 is 7.68. The Hall–Kier alpha value is -3.13. The van der Waals surface area contributed by atoms with Crippen LogP contribution in [-0.2, 0) is 10.3 Å². The zero-order chi connectivity index (χ0) is 23.9. The van der Waals surface area contributed by atoms with Crippen molar-refractivity contribution in [1.82, 2.24) is 19.7 Å². The molecular formula is C26H33N5O3. The van der Waals surface area contributed by atoms with E-state index in [4.69, 9.17) is 9.84 Å². The average molecular weight is 464 g/mol. The third-order valence-electron chi connectivity index (χ3n) is 7.32. The number of carbonyl (C=O) groups excluding carboxylic acids is 1. The highest BCUT2D eigenvalue weighted by Gasteiger charge is 2.33. The molecule has 34 heavy (non-hydrogen) atoms. The Morgan fingerprint density at radius 3 is 2.85 bits per heavy atom. The zero-order valence-corrected chi connectivity index (χ0v) is 20.2. The Labute approximate surface area is 199 Å². The summed E-state index contributed by atoms with van der Waals surface area (Å²) in [6.07, 6.45) is 6.83. The topological polar surface area (TPSA) is 92.2 Å². The van der Waals surface area contributed by atoms with Gasteiger partial charge < -0.3 is 19.9 Å². The monoisotopic (exact) mass is 463 g/mol. The molecule has 0 bridgehead atoms. The second-order valence-electron chi connectivity index (χ2n) is 9.98. The summed E-state index contributed by atoms with van der Waals surface area (Å²) in [5.74, 6) is 0.597. The Morgan fingerprint density at radius 1 is 1.26 bits per heavy atom. The van der Waals surface area contributed by atoms with Crippen molar-refractivity contribution in [2.75, 3.05) is 25.1 Å². The molecule has 2 atom stereocenters. The van der Waals surface area contributed by atoms with Gasteiger partial charge in [0.2, 0.25) is 0 Å². The SMILES string of the molecule is Cc1cc(Nc2nn(C3(C)CCCOC3)c3cc[nH]c(=O)c23)ccc1C(=O)N1CCCCC1C. The number of nitrogens with one attached hydrogen (secondary N) is 2. The number of anilines is 2.